The van der Waals surface area contributed by atoms with Crippen LogP contribution in [-0.2, 0) is 10.9 Å². The molecule has 29 heavy (non-hydrogen) atoms. The molecule has 0 aliphatic heterocycles. The van der Waals surface area contributed by atoms with Gasteiger partial charge in [-0.3, -0.25) is 9.20 Å². The number of halogens is 3. The summed E-state index contributed by atoms with van der Waals surface area (Å²) < 4.78 is 45.3. The van der Waals surface area contributed by atoms with E-state index in [0.29, 0.717) is 5.69 Å². The number of anilines is 1. The van der Waals surface area contributed by atoms with Gasteiger partial charge >= 0.3 is 12.1 Å². The van der Waals surface area contributed by atoms with Crippen LogP contribution >= 0.6 is 0 Å². The second-order valence-corrected chi connectivity index (χ2v) is 6.68. The molecule has 0 unspecified atom stereocenters. The number of nitrogens with one attached hydrogen (secondary N) is 1. The molecule has 1 amide bonds. The van der Waals surface area contributed by atoms with Crippen molar-refractivity contribution in [3.8, 4) is 0 Å². The molecule has 2 heterocycles. The lowest BCUT2D eigenvalue weighted by Gasteiger charge is -2.11. The smallest absolute Gasteiger partial charge is 0.417 e. The number of fused-ring (bicyclic) bond motifs is 1. The summed E-state index contributed by atoms with van der Waals surface area (Å²) in [5.41, 5.74) is 0.114. The highest BCUT2D eigenvalue weighted by Crippen LogP contribution is 2.30. The number of hydrogen-bond acceptors (Lipinski definition) is 4. The zero-order chi connectivity index (χ0) is 21.3. The molecule has 0 saturated heterocycles. The number of hydrogen-bond donors (Lipinski definition) is 1. The Morgan fingerprint density at radius 1 is 1.17 bits per heavy atom. The van der Waals surface area contributed by atoms with E-state index in [1.54, 1.807) is 26.0 Å². The Hall–Kier alpha value is -3.36. The maximum absolute atomic E-state index is 13.0. The summed E-state index contributed by atoms with van der Waals surface area (Å²) in [5, 5.41) is 2.60. The SMILES string of the molecule is Cc1nc2ccc(C(F)(F)F)cn2c1C(=O)Nc1cccc(C(=O)OC(C)C)c1. The summed E-state index contributed by atoms with van der Waals surface area (Å²) in [6, 6.07) is 8.21. The summed E-state index contributed by atoms with van der Waals surface area (Å²) in [4.78, 5) is 28.9. The van der Waals surface area contributed by atoms with Crippen LogP contribution in [0, 0.1) is 6.92 Å². The molecule has 0 saturated carbocycles. The van der Waals surface area contributed by atoms with Crippen LogP contribution in [0.4, 0.5) is 18.9 Å². The van der Waals surface area contributed by atoms with E-state index in [9.17, 15) is 22.8 Å². The maximum Gasteiger partial charge on any atom is 0.417 e. The van der Waals surface area contributed by atoms with Crippen LogP contribution in [0.5, 0.6) is 0 Å². The Morgan fingerprint density at radius 3 is 2.55 bits per heavy atom. The molecule has 0 aliphatic rings. The average molecular weight is 405 g/mol. The van der Waals surface area contributed by atoms with Gasteiger partial charge in [0.2, 0.25) is 0 Å². The largest absolute Gasteiger partial charge is 0.459 e. The molecule has 0 fully saturated rings. The van der Waals surface area contributed by atoms with Crippen molar-refractivity contribution in [3.05, 3.63) is 65.1 Å². The number of rotatable bonds is 4. The second kappa shape index (κ2) is 7.57. The van der Waals surface area contributed by atoms with Crippen LogP contribution in [0.2, 0.25) is 0 Å². The zero-order valence-corrected chi connectivity index (χ0v) is 15.9. The highest BCUT2D eigenvalue weighted by atomic mass is 19.4. The number of carbonyl (C=O) groups excluding carboxylic acids is 2. The van der Waals surface area contributed by atoms with Crippen LogP contribution in [0.25, 0.3) is 5.65 Å². The molecule has 1 N–H and O–H groups in total. The third-order valence-corrected chi connectivity index (χ3v) is 4.03. The van der Waals surface area contributed by atoms with Gasteiger partial charge in [0.05, 0.1) is 22.9 Å². The molecular formula is C20H18F3N3O3. The number of carbonyl (C=O) groups is 2. The van der Waals surface area contributed by atoms with Crippen molar-refractivity contribution in [1.29, 1.82) is 0 Å². The van der Waals surface area contributed by atoms with E-state index in [4.69, 9.17) is 4.74 Å². The third kappa shape index (κ3) is 4.39. The molecule has 152 valence electrons. The fraction of sp³-hybridized carbons (Fsp3) is 0.250. The zero-order valence-electron chi connectivity index (χ0n) is 15.9. The number of aromatic nitrogens is 2. The number of alkyl halides is 3. The molecule has 6 nitrogen and oxygen atoms in total. The number of imidazole rings is 1. The monoisotopic (exact) mass is 405 g/mol. The Balaban J connectivity index is 1.92. The first-order valence-electron chi connectivity index (χ1n) is 8.74. The van der Waals surface area contributed by atoms with Gasteiger partial charge in [-0.2, -0.15) is 13.2 Å². The summed E-state index contributed by atoms with van der Waals surface area (Å²) in [6.45, 7) is 4.96. The van der Waals surface area contributed by atoms with Crippen LogP contribution < -0.4 is 5.32 Å². The normalized spacial score (nSPS) is 11.7. The first kappa shape index (κ1) is 20.4. The Labute approximate surface area is 164 Å². The van der Waals surface area contributed by atoms with Crippen molar-refractivity contribution in [2.75, 3.05) is 5.32 Å². The van der Waals surface area contributed by atoms with Gasteiger partial charge in [0, 0.05) is 11.9 Å². The Morgan fingerprint density at radius 2 is 1.90 bits per heavy atom. The number of benzene rings is 1. The Bertz CT molecular complexity index is 1090. The fourth-order valence-corrected chi connectivity index (χ4v) is 2.80. The van der Waals surface area contributed by atoms with Gasteiger partial charge in [0.15, 0.2) is 0 Å². The molecule has 0 bridgehead atoms. The lowest BCUT2D eigenvalue weighted by atomic mass is 10.2. The summed E-state index contributed by atoms with van der Waals surface area (Å²) >= 11 is 0. The molecule has 9 heteroatoms. The number of aryl methyl sites for hydroxylation is 1. The van der Waals surface area contributed by atoms with E-state index in [0.717, 1.165) is 16.7 Å². The summed E-state index contributed by atoms with van der Waals surface area (Å²) in [5.74, 6) is -1.19. The highest BCUT2D eigenvalue weighted by molar-refractivity contribution is 6.05. The van der Waals surface area contributed by atoms with Crippen molar-refractivity contribution in [1.82, 2.24) is 9.38 Å². The van der Waals surface area contributed by atoms with E-state index in [-0.39, 0.29) is 28.7 Å². The van der Waals surface area contributed by atoms with Gasteiger partial charge in [-0.15, -0.1) is 0 Å². The van der Waals surface area contributed by atoms with Crippen molar-refractivity contribution in [3.63, 3.8) is 0 Å². The summed E-state index contributed by atoms with van der Waals surface area (Å²) in [7, 11) is 0. The van der Waals surface area contributed by atoms with E-state index in [1.807, 2.05) is 0 Å². The number of amides is 1. The standard InChI is InChI=1S/C20H18F3N3O3/c1-11(2)29-19(28)13-5-4-6-15(9-13)25-18(27)17-12(3)24-16-8-7-14(10-26(16)17)20(21,22)23/h4-11H,1-3H3,(H,25,27). The van der Waals surface area contributed by atoms with Gasteiger partial charge < -0.3 is 10.1 Å². The van der Waals surface area contributed by atoms with Gasteiger partial charge in [0.25, 0.3) is 5.91 Å². The van der Waals surface area contributed by atoms with Crippen LogP contribution in [0.15, 0.2) is 42.6 Å². The molecule has 3 rings (SSSR count). The van der Waals surface area contributed by atoms with Crippen LogP contribution in [0.1, 0.15) is 46.0 Å². The fourth-order valence-electron chi connectivity index (χ4n) is 2.80. The molecule has 2 aromatic heterocycles. The number of esters is 1. The van der Waals surface area contributed by atoms with Gasteiger partial charge in [0.1, 0.15) is 11.3 Å². The van der Waals surface area contributed by atoms with E-state index in [2.05, 4.69) is 10.3 Å². The van der Waals surface area contributed by atoms with Gasteiger partial charge in [-0.1, -0.05) is 6.07 Å². The second-order valence-electron chi connectivity index (χ2n) is 6.68. The minimum atomic E-state index is -4.55. The van der Waals surface area contributed by atoms with Crippen molar-refractivity contribution in [2.24, 2.45) is 0 Å². The van der Waals surface area contributed by atoms with Crippen LogP contribution in [0.3, 0.4) is 0 Å². The number of ether oxygens (including phenoxy) is 1. The minimum Gasteiger partial charge on any atom is -0.459 e. The predicted octanol–water partition coefficient (Wildman–Crippen LogP) is 4.48. The average Bonchev–Trinajstić information content (AvgIpc) is 2.95. The van der Waals surface area contributed by atoms with Gasteiger partial charge in [-0.25, -0.2) is 9.78 Å². The molecule has 0 aliphatic carbocycles. The minimum absolute atomic E-state index is 0.0266. The lowest BCUT2D eigenvalue weighted by Crippen LogP contribution is -2.17. The van der Waals surface area contributed by atoms with Crippen molar-refractivity contribution >= 4 is 23.2 Å². The highest BCUT2D eigenvalue weighted by Gasteiger charge is 2.31. The van der Waals surface area contributed by atoms with E-state index < -0.39 is 23.6 Å². The van der Waals surface area contributed by atoms with Crippen molar-refractivity contribution < 1.29 is 27.5 Å². The first-order chi connectivity index (χ1) is 13.6. The molecule has 1 aromatic carbocycles. The lowest BCUT2D eigenvalue weighted by molar-refractivity contribution is -0.137. The van der Waals surface area contributed by atoms with Crippen LogP contribution in [-0.4, -0.2) is 27.4 Å². The molecule has 0 spiro atoms. The first-order valence-corrected chi connectivity index (χ1v) is 8.74. The van der Waals surface area contributed by atoms with Gasteiger partial charge in [-0.05, 0) is 51.1 Å². The number of pyridine rings is 1. The topological polar surface area (TPSA) is 72.7 Å². The summed E-state index contributed by atoms with van der Waals surface area (Å²) in [6.07, 6.45) is -4.02. The van der Waals surface area contributed by atoms with Crippen molar-refractivity contribution in [2.45, 2.75) is 33.1 Å². The molecule has 0 radical (unpaired) electrons. The maximum atomic E-state index is 13.0. The quantitative estimate of drug-likeness (QED) is 0.650. The third-order valence-electron chi connectivity index (χ3n) is 4.03. The Kier molecular flexibility index (Phi) is 5.32. The molecule has 3 aromatic rings. The molecule has 0 atom stereocenters. The van der Waals surface area contributed by atoms with E-state index in [1.165, 1.54) is 25.1 Å². The number of nitrogens with zero attached hydrogens (tertiary/aromatic N) is 2. The van der Waals surface area contributed by atoms with E-state index >= 15 is 0 Å². The molecular weight excluding hydrogens is 387 g/mol. The predicted molar refractivity (Wildman–Crippen MR) is 99.9 cm³/mol.